The molecule has 1 saturated carbocycles. The van der Waals surface area contributed by atoms with E-state index in [2.05, 4.69) is 17.1 Å². The molecule has 0 unspecified atom stereocenters. The molecule has 1 aliphatic heterocycles. The number of amides is 1. The van der Waals surface area contributed by atoms with Crippen LogP contribution in [0.15, 0.2) is 36.4 Å². The Hall–Kier alpha value is -1.32. The van der Waals surface area contributed by atoms with Crippen LogP contribution >= 0.6 is 11.6 Å². The van der Waals surface area contributed by atoms with Crippen molar-refractivity contribution in [2.75, 3.05) is 32.7 Å². The van der Waals surface area contributed by atoms with Crippen molar-refractivity contribution in [1.82, 2.24) is 9.80 Å². The molecule has 3 nitrogen and oxygen atoms in total. The number of nitrogens with zero attached hydrogens (tertiary/aromatic N) is 2. The van der Waals surface area contributed by atoms with Gasteiger partial charge < -0.3 is 4.90 Å². The first-order chi connectivity index (χ1) is 11.2. The van der Waals surface area contributed by atoms with Gasteiger partial charge >= 0.3 is 0 Å². The van der Waals surface area contributed by atoms with Crippen molar-refractivity contribution in [2.45, 2.75) is 12.8 Å². The van der Waals surface area contributed by atoms with Crippen molar-refractivity contribution in [3.05, 3.63) is 47.0 Å². The molecule has 1 aromatic carbocycles. The topological polar surface area (TPSA) is 23.6 Å². The highest BCUT2D eigenvalue weighted by atomic mass is 35.5. The molecule has 2 bridgehead atoms. The van der Waals surface area contributed by atoms with Crippen molar-refractivity contribution in [3.8, 4) is 0 Å². The molecular weight excluding hydrogens is 308 g/mol. The Morgan fingerprint density at radius 2 is 1.96 bits per heavy atom. The number of hydrogen-bond donors (Lipinski definition) is 0. The summed E-state index contributed by atoms with van der Waals surface area (Å²) in [6.45, 7) is 4.82. The van der Waals surface area contributed by atoms with E-state index in [1.54, 1.807) is 12.1 Å². The monoisotopic (exact) mass is 330 g/mol. The molecule has 4 heteroatoms. The fourth-order valence-corrected chi connectivity index (χ4v) is 4.56. The number of carbonyl (C=O) groups excluding carboxylic acids is 1. The van der Waals surface area contributed by atoms with Crippen molar-refractivity contribution < 1.29 is 4.79 Å². The van der Waals surface area contributed by atoms with E-state index < -0.39 is 0 Å². The Bertz CT molecular complexity index is 622. The summed E-state index contributed by atoms with van der Waals surface area (Å²) < 4.78 is 0. The van der Waals surface area contributed by atoms with Gasteiger partial charge in [0.15, 0.2) is 0 Å². The minimum atomic E-state index is 0.106. The van der Waals surface area contributed by atoms with Gasteiger partial charge in [0, 0.05) is 43.3 Å². The smallest absolute Gasteiger partial charge is 0.253 e. The maximum Gasteiger partial charge on any atom is 0.253 e. The number of piperazine rings is 1. The molecule has 3 atom stereocenters. The van der Waals surface area contributed by atoms with Crippen LogP contribution in [-0.4, -0.2) is 48.4 Å². The first-order valence-corrected chi connectivity index (χ1v) is 9.02. The number of fused-ring (bicyclic) bond motifs is 2. The van der Waals surface area contributed by atoms with Gasteiger partial charge in [-0.2, -0.15) is 0 Å². The van der Waals surface area contributed by atoms with Crippen LogP contribution in [0.2, 0.25) is 5.02 Å². The van der Waals surface area contributed by atoms with Gasteiger partial charge in [-0.3, -0.25) is 9.69 Å². The van der Waals surface area contributed by atoms with Gasteiger partial charge in [-0.05, 0) is 48.8 Å². The lowest BCUT2D eigenvalue weighted by Gasteiger charge is -2.37. The van der Waals surface area contributed by atoms with Crippen LogP contribution < -0.4 is 0 Å². The van der Waals surface area contributed by atoms with Crippen molar-refractivity contribution in [2.24, 2.45) is 17.8 Å². The fraction of sp³-hybridized carbons (Fsp3) is 0.526. The zero-order valence-electron chi connectivity index (χ0n) is 13.3. The van der Waals surface area contributed by atoms with Crippen LogP contribution in [0.3, 0.4) is 0 Å². The molecule has 0 spiro atoms. The predicted octanol–water partition coefficient (Wildman–Crippen LogP) is 3.31. The van der Waals surface area contributed by atoms with Crippen LogP contribution in [0.5, 0.6) is 0 Å². The van der Waals surface area contributed by atoms with E-state index in [-0.39, 0.29) is 5.91 Å². The first-order valence-electron chi connectivity index (χ1n) is 8.64. The molecular formula is C19H23ClN2O. The van der Waals surface area contributed by atoms with Crippen molar-refractivity contribution in [1.29, 1.82) is 0 Å². The van der Waals surface area contributed by atoms with Crippen LogP contribution in [-0.2, 0) is 0 Å². The Kier molecular flexibility index (Phi) is 4.16. The lowest BCUT2D eigenvalue weighted by atomic mass is 9.93. The second-order valence-electron chi connectivity index (χ2n) is 7.14. The summed E-state index contributed by atoms with van der Waals surface area (Å²) in [5.74, 6) is 2.59. The van der Waals surface area contributed by atoms with E-state index in [0.29, 0.717) is 10.6 Å². The Balaban J connectivity index is 1.30. The Morgan fingerprint density at radius 3 is 2.61 bits per heavy atom. The van der Waals surface area contributed by atoms with E-state index in [0.717, 1.165) is 43.9 Å². The highest BCUT2D eigenvalue weighted by molar-refractivity contribution is 6.30. The zero-order chi connectivity index (χ0) is 15.8. The number of hydrogen-bond acceptors (Lipinski definition) is 2. The largest absolute Gasteiger partial charge is 0.336 e. The molecule has 3 aliphatic rings. The molecule has 2 aliphatic carbocycles. The Morgan fingerprint density at radius 1 is 1.13 bits per heavy atom. The highest BCUT2D eigenvalue weighted by Crippen LogP contribution is 2.43. The Labute approximate surface area is 142 Å². The van der Waals surface area contributed by atoms with Gasteiger partial charge in [-0.15, -0.1) is 0 Å². The quantitative estimate of drug-likeness (QED) is 0.794. The molecule has 1 saturated heterocycles. The molecule has 0 aromatic heterocycles. The summed E-state index contributed by atoms with van der Waals surface area (Å²) in [6.07, 6.45) is 7.57. The van der Waals surface area contributed by atoms with Crippen LogP contribution in [0.4, 0.5) is 0 Å². The third kappa shape index (κ3) is 3.17. The number of carbonyl (C=O) groups is 1. The lowest BCUT2D eigenvalue weighted by molar-refractivity contribution is 0.0610. The summed E-state index contributed by atoms with van der Waals surface area (Å²) in [5.41, 5.74) is 0.698. The van der Waals surface area contributed by atoms with Gasteiger partial charge in [0.25, 0.3) is 5.91 Å². The van der Waals surface area contributed by atoms with E-state index in [1.807, 2.05) is 17.0 Å². The third-order valence-electron chi connectivity index (χ3n) is 5.64. The maximum absolute atomic E-state index is 12.5. The summed E-state index contributed by atoms with van der Waals surface area (Å²) >= 11 is 5.99. The molecule has 23 heavy (non-hydrogen) atoms. The SMILES string of the molecule is O=C(c1cccc(Cl)c1)N1CCN(C[C@H]2C[C@H]3C=C[C@H]2C3)CC1. The van der Waals surface area contributed by atoms with Crippen molar-refractivity contribution in [3.63, 3.8) is 0 Å². The average Bonchev–Trinajstić information content (AvgIpc) is 3.18. The van der Waals surface area contributed by atoms with E-state index in [9.17, 15) is 4.79 Å². The number of allylic oxidation sites excluding steroid dienone is 2. The first kappa shape index (κ1) is 15.2. The molecule has 1 amide bonds. The number of benzene rings is 1. The van der Waals surface area contributed by atoms with E-state index in [4.69, 9.17) is 11.6 Å². The molecule has 122 valence electrons. The normalized spacial score (nSPS) is 30.1. The minimum absolute atomic E-state index is 0.106. The summed E-state index contributed by atoms with van der Waals surface area (Å²) in [4.78, 5) is 17.1. The van der Waals surface area contributed by atoms with Gasteiger partial charge in [-0.1, -0.05) is 29.8 Å². The fourth-order valence-electron chi connectivity index (χ4n) is 4.37. The number of halogens is 1. The molecule has 2 fully saturated rings. The molecule has 4 rings (SSSR count). The van der Waals surface area contributed by atoms with Gasteiger partial charge in [0.1, 0.15) is 0 Å². The predicted molar refractivity (Wildman–Crippen MR) is 92.6 cm³/mol. The average molecular weight is 331 g/mol. The van der Waals surface area contributed by atoms with Crippen LogP contribution in [0, 0.1) is 17.8 Å². The second-order valence-corrected chi connectivity index (χ2v) is 7.58. The minimum Gasteiger partial charge on any atom is -0.336 e. The molecule has 0 radical (unpaired) electrons. The molecule has 0 N–H and O–H groups in total. The lowest BCUT2D eigenvalue weighted by Crippen LogP contribution is -2.50. The summed E-state index contributed by atoms with van der Waals surface area (Å²) in [6, 6.07) is 7.26. The second kappa shape index (κ2) is 6.29. The van der Waals surface area contributed by atoms with Gasteiger partial charge in [-0.25, -0.2) is 0 Å². The molecule has 1 aromatic rings. The summed E-state index contributed by atoms with van der Waals surface area (Å²) in [5, 5.41) is 0.624. The standard InChI is InChI=1S/C19H23ClN2O/c20-18-3-1-2-16(12-18)19(23)22-8-6-21(7-9-22)13-17-11-14-4-5-15(17)10-14/h1-5,12,14-15,17H,6-11,13H2/t14-,15-,17+/m0/s1. The van der Waals surface area contributed by atoms with E-state index >= 15 is 0 Å². The maximum atomic E-state index is 12.5. The zero-order valence-corrected chi connectivity index (χ0v) is 14.1. The van der Waals surface area contributed by atoms with E-state index in [1.165, 1.54) is 19.4 Å². The molecule has 1 heterocycles. The highest BCUT2D eigenvalue weighted by Gasteiger charge is 2.36. The van der Waals surface area contributed by atoms with Gasteiger partial charge in [0.2, 0.25) is 0 Å². The van der Waals surface area contributed by atoms with Crippen molar-refractivity contribution >= 4 is 17.5 Å². The van der Waals surface area contributed by atoms with Gasteiger partial charge in [0.05, 0.1) is 0 Å². The summed E-state index contributed by atoms with van der Waals surface area (Å²) in [7, 11) is 0. The van der Waals surface area contributed by atoms with Crippen LogP contribution in [0.25, 0.3) is 0 Å². The number of rotatable bonds is 3. The third-order valence-corrected chi connectivity index (χ3v) is 5.88. The van der Waals surface area contributed by atoms with Crippen LogP contribution in [0.1, 0.15) is 23.2 Å².